The zero-order chi connectivity index (χ0) is 26.4. The number of nitrogen functional groups attached to an aromatic ring is 1. The highest BCUT2D eigenvalue weighted by molar-refractivity contribution is 9.10. The Morgan fingerprint density at radius 1 is 1.27 bits per heavy atom. The summed E-state index contributed by atoms with van der Waals surface area (Å²) in [6.45, 7) is 6.96. The minimum absolute atomic E-state index is 0.323. The predicted octanol–water partition coefficient (Wildman–Crippen LogP) is 3.62. The van der Waals surface area contributed by atoms with Gasteiger partial charge in [-0.05, 0) is 39.3 Å². The summed E-state index contributed by atoms with van der Waals surface area (Å²) in [5.41, 5.74) is 7.53. The topological polar surface area (TPSA) is 153 Å². The second-order valence-electron chi connectivity index (χ2n) is 9.90. The number of carbonyl (C=O) groups excluding carboxylic acids is 1. The molecule has 0 spiro atoms. The average molecular weight is 590 g/mol. The van der Waals surface area contributed by atoms with E-state index in [1.807, 2.05) is 37.5 Å². The number of benzene rings is 1. The molecule has 0 aliphatic carbocycles. The van der Waals surface area contributed by atoms with Crippen molar-refractivity contribution in [1.82, 2.24) is 40.0 Å². The van der Waals surface area contributed by atoms with Crippen molar-refractivity contribution in [1.29, 1.82) is 0 Å². The van der Waals surface area contributed by atoms with Gasteiger partial charge in [0.1, 0.15) is 29.3 Å². The van der Waals surface area contributed by atoms with Gasteiger partial charge in [-0.3, -0.25) is 5.10 Å². The van der Waals surface area contributed by atoms with Gasteiger partial charge in [0, 0.05) is 33.8 Å². The van der Waals surface area contributed by atoms with Crippen molar-refractivity contribution in [3.63, 3.8) is 0 Å². The molecule has 4 heterocycles. The smallest absolute Gasteiger partial charge is 0.408 e. The minimum Gasteiger partial charge on any atom is -0.444 e. The Labute approximate surface area is 226 Å². The first kappa shape index (κ1) is 25.2. The summed E-state index contributed by atoms with van der Waals surface area (Å²) in [5, 5.41) is 10.6. The van der Waals surface area contributed by atoms with E-state index < -0.39 is 17.2 Å². The van der Waals surface area contributed by atoms with Gasteiger partial charge in [-0.2, -0.15) is 5.10 Å². The van der Waals surface area contributed by atoms with Crippen molar-refractivity contribution in [3.8, 4) is 0 Å². The number of anilines is 2. The minimum atomic E-state index is -0.839. The maximum absolute atomic E-state index is 12.8. The van der Waals surface area contributed by atoms with Crippen molar-refractivity contribution < 1.29 is 9.53 Å². The van der Waals surface area contributed by atoms with Gasteiger partial charge in [0.05, 0.1) is 12.9 Å². The van der Waals surface area contributed by atoms with Crippen LogP contribution in [0.2, 0.25) is 5.02 Å². The van der Waals surface area contributed by atoms with Crippen LogP contribution in [0.15, 0.2) is 35.6 Å². The van der Waals surface area contributed by atoms with Gasteiger partial charge in [-0.25, -0.2) is 24.7 Å². The number of nitrogens with two attached hydrogens (primary N) is 1. The van der Waals surface area contributed by atoms with E-state index in [1.165, 1.54) is 12.7 Å². The predicted molar refractivity (Wildman–Crippen MR) is 142 cm³/mol. The summed E-state index contributed by atoms with van der Waals surface area (Å²) in [4.78, 5) is 32.1. The fourth-order valence-electron chi connectivity index (χ4n) is 4.52. The fourth-order valence-corrected chi connectivity index (χ4v) is 5.44. The van der Waals surface area contributed by atoms with Crippen LogP contribution in [0.3, 0.4) is 0 Å². The average Bonchev–Trinajstić information content (AvgIpc) is 3.55. The number of amides is 1. The molecule has 1 saturated heterocycles. The van der Waals surface area contributed by atoms with E-state index in [9.17, 15) is 4.79 Å². The number of carbonyl (C=O) groups is 1. The van der Waals surface area contributed by atoms with E-state index in [4.69, 9.17) is 22.1 Å². The molecule has 1 aliphatic heterocycles. The molecule has 0 saturated carbocycles. The zero-order valence-electron chi connectivity index (χ0n) is 20.5. The second-order valence-corrected chi connectivity index (χ2v) is 11.2. The third-order valence-corrected chi connectivity index (χ3v) is 7.04. The van der Waals surface area contributed by atoms with Crippen LogP contribution in [0.5, 0.6) is 0 Å². The van der Waals surface area contributed by atoms with Crippen LogP contribution in [-0.4, -0.2) is 59.5 Å². The van der Waals surface area contributed by atoms with E-state index in [1.54, 1.807) is 6.33 Å². The molecule has 0 bridgehead atoms. The Kier molecular flexibility index (Phi) is 6.44. The van der Waals surface area contributed by atoms with Gasteiger partial charge in [0.15, 0.2) is 17.3 Å². The van der Waals surface area contributed by atoms with Gasteiger partial charge in [0.2, 0.25) is 0 Å². The van der Waals surface area contributed by atoms with Crippen LogP contribution in [0.1, 0.15) is 38.6 Å². The number of hydrogen-bond donors (Lipinski definition) is 3. The summed E-state index contributed by atoms with van der Waals surface area (Å²) < 4.78 is 8.29. The SMILES string of the molecule is CC(C)(C)OC(=O)N[C@]1(c2ncn[nH]2)CCN(c2cc(Cl)cc(Br)c2Cn2cnc3c(N)ncnc32)C1. The molecule has 4 N–H and O–H groups in total. The summed E-state index contributed by atoms with van der Waals surface area (Å²) in [6, 6.07) is 3.76. The number of rotatable bonds is 5. The lowest BCUT2D eigenvalue weighted by molar-refractivity contribution is 0.0457. The maximum Gasteiger partial charge on any atom is 0.408 e. The number of aromatic amines is 1. The van der Waals surface area contributed by atoms with Crippen LogP contribution in [-0.2, 0) is 16.8 Å². The zero-order valence-corrected chi connectivity index (χ0v) is 22.8. The Hall–Kier alpha value is -3.45. The van der Waals surface area contributed by atoms with E-state index in [2.05, 4.69) is 56.3 Å². The van der Waals surface area contributed by atoms with Gasteiger partial charge in [-0.1, -0.05) is 27.5 Å². The normalized spacial score (nSPS) is 17.9. The van der Waals surface area contributed by atoms with Crippen molar-refractivity contribution in [3.05, 3.63) is 52.0 Å². The van der Waals surface area contributed by atoms with E-state index in [-0.39, 0.29) is 0 Å². The molecule has 3 aromatic heterocycles. The lowest BCUT2D eigenvalue weighted by atomic mass is 9.98. The van der Waals surface area contributed by atoms with Gasteiger partial charge < -0.3 is 25.3 Å². The number of nitrogens with one attached hydrogen (secondary N) is 2. The van der Waals surface area contributed by atoms with E-state index in [0.29, 0.717) is 53.9 Å². The molecule has 1 aromatic carbocycles. The number of nitrogens with zero attached hydrogens (tertiary/aromatic N) is 7. The Morgan fingerprint density at radius 2 is 2.08 bits per heavy atom. The summed E-state index contributed by atoms with van der Waals surface area (Å²) in [6.07, 6.45) is 4.58. The molecule has 5 rings (SSSR count). The third-order valence-electron chi connectivity index (χ3n) is 6.11. The molecule has 1 fully saturated rings. The second kappa shape index (κ2) is 9.45. The monoisotopic (exact) mass is 588 g/mol. The van der Waals surface area contributed by atoms with Gasteiger partial charge >= 0.3 is 6.09 Å². The number of aromatic nitrogens is 7. The number of hydrogen-bond acceptors (Lipinski definition) is 9. The molecule has 194 valence electrons. The highest BCUT2D eigenvalue weighted by atomic mass is 79.9. The highest BCUT2D eigenvalue weighted by Gasteiger charge is 2.45. The van der Waals surface area contributed by atoms with Crippen molar-refractivity contribution >= 4 is 56.3 Å². The first-order chi connectivity index (χ1) is 17.5. The molecule has 12 nitrogen and oxygen atoms in total. The molecule has 14 heteroatoms. The molecular weight excluding hydrogens is 564 g/mol. The summed E-state index contributed by atoms with van der Waals surface area (Å²) in [5.74, 6) is 0.875. The molecule has 0 unspecified atom stereocenters. The molecule has 1 aliphatic rings. The molecule has 0 radical (unpaired) electrons. The number of H-pyrrole nitrogens is 1. The number of halogens is 2. The molecule has 1 amide bonds. The Morgan fingerprint density at radius 3 is 2.81 bits per heavy atom. The highest BCUT2D eigenvalue weighted by Crippen LogP contribution is 2.39. The molecule has 37 heavy (non-hydrogen) atoms. The lowest BCUT2D eigenvalue weighted by Crippen LogP contribution is -2.50. The van der Waals surface area contributed by atoms with Crippen LogP contribution in [0, 0.1) is 0 Å². The van der Waals surface area contributed by atoms with Crippen LogP contribution in [0.4, 0.5) is 16.3 Å². The van der Waals surface area contributed by atoms with Crippen molar-refractivity contribution in [2.24, 2.45) is 0 Å². The number of fused-ring (bicyclic) bond motifs is 1. The third kappa shape index (κ3) is 5.05. The Balaban J connectivity index is 1.50. The van der Waals surface area contributed by atoms with Gasteiger partial charge in [-0.15, -0.1) is 0 Å². The molecule has 1 atom stereocenters. The van der Waals surface area contributed by atoms with Crippen molar-refractivity contribution in [2.45, 2.75) is 44.9 Å². The van der Waals surface area contributed by atoms with Crippen LogP contribution in [0.25, 0.3) is 11.2 Å². The quantitative estimate of drug-likeness (QED) is 0.317. The van der Waals surface area contributed by atoms with E-state index in [0.717, 1.165) is 15.7 Å². The maximum atomic E-state index is 12.8. The number of imidazole rings is 1. The lowest BCUT2D eigenvalue weighted by Gasteiger charge is -2.31. The first-order valence-electron chi connectivity index (χ1n) is 11.6. The van der Waals surface area contributed by atoms with Crippen LogP contribution >= 0.6 is 27.5 Å². The van der Waals surface area contributed by atoms with E-state index >= 15 is 0 Å². The van der Waals surface area contributed by atoms with Gasteiger partial charge in [0.25, 0.3) is 0 Å². The summed E-state index contributed by atoms with van der Waals surface area (Å²) in [7, 11) is 0. The molecular formula is C23H26BrClN10O2. The van der Waals surface area contributed by atoms with Crippen LogP contribution < -0.4 is 16.0 Å². The molecule has 4 aromatic rings. The van der Waals surface area contributed by atoms with Crippen molar-refractivity contribution in [2.75, 3.05) is 23.7 Å². The largest absolute Gasteiger partial charge is 0.444 e. The standard InChI is InChI=1S/C23H26BrClN10O2/c1-22(2,3)37-21(36)32-23(20-29-11-31-33-20)4-5-34(9-23)16-7-13(25)6-15(24)14(16)8-35-12-30-17-18(26)27-10-28-19(17)35/h6-7,10-12H,4-5,8-9H2,1-3H3,(H,32,36)(H2,26,27,28)(H,29,31,33)/t23-/m1/s1. The fraction of sp³-hybridized carbons (Fsp3) is 0.391. The number of alkyl carbamates (subject to hydrolysis) is 1. The summed E-state index contributed by atoms with van der Waals surface area (Å²) >= 11 is 10.2. The first-order valence-corrected chi connectivity index (χ1v) is 12.7. The Bertz CT molecular complexity index is 1450. The number of ether oxygens (including phenoxy) is 1.